The molecule has 0 radical (unpaired) electrons. The van der Waals surface area contributed by atoms with Gasteiger partial charge in [-0.25, -0.2) is 9.97 Å². The van der Waals surface area contributed by atoms with E-state index in [0.717, 1.165) is 24.1 Å². The van der Waals surface area contributed by atoms with Crippen LogP contribution in [0.1, 0.15) is 39.7 Å². The van der Waals surface area contributed by atoms with Crippen molar-refractivity contribution < 1.29 is 9.47 Å². The van der Waals surface area contributed by atoms with E-state index in [-0.39, 0.29) is 17.4 Å². The average molecular weight is 440 g/mol. The lowest BCUT2D eigenvalue weighted by Crippen LogP contribution is -2.24. The predicted molar refractivity (Wildman–Crippen MR) is 122 cm³/mol. The molecule has 2 aromatic heterocycles. The second-order valence-electron chi connectivity index (χ2n) is 8.02. The van der Waals surface area contributed by atoms with Gasteiger partial charge in [-0.3, -0.25) is 4.79 Å². The average Bonchev–Trinajstić information content (AvgIpc) is 2.90. The van der Waals surface area contributed by atoms with Crippen molar-refractivity contribution in [2.24, 2.45) is 5.92 Å². The van der Waals surface area contributed by atoms with Crippen LogP contribution in [-0.4, -0.2) is 27.7 Å². The third-order valence-corrected chi connectivity index (χ3v) is 5.78. The Morgan fingerprint density at radius 1 is 1.23 bits per heavy atom. The zero-order valence-corrected chi connectivity index (χ0v) is 18.7. The molecule has 31 heavy (non-hydrogen) atoms. The molecular formula is C24H26ClN3O3. The van der Waals surface area contributed by atoms with E-state index in [0.29, 0.717) is 41.1 Å². The Hall–Kier alpha value is -2.86. The summed E-state index contributed by atoms with van der Waals surface area (Å²) in [6, 6.07) is 7.04. The third-order valence-electron chi connectivity index (χ3n) is 5.49. The summed E-state index contributed by atoms with van der Waals surface area (Å²) < 4.78 is 14.1. The maximum absolute atomic E-state index is 13.0. The molecule has 1 atom stereocenters. The highest BCUT2D eigenvalue weighted by atomic mass is 35.5. The Kier molecular flexibility index (Phi) is 6.28. The lowest BCUT2D eigenvalue weighted by Gasteiger charge is -2.24. The molecule has 0 spiro atoms. The van der Waals surface area contributed by atoms with Crippen LogP contribution in [0.25, 0.3) is 22.6 Å². The first kappa shape index (κ1) is 21.4. The van der Waals surface area contributed by atoms with Crippen LogP contribution >= 0.6 is 11.6 Å². The van der Waals surface area contributed by atoms with Crippen LogP contribution in [0.15, 0.2) is 47.7 Å². The van der Waals surface area contributed by atoms with Gasteiger partial charge in [-0.15, -0.1) is 0 Å². The van der Waals surface area contributed by atoms with E-state index < -0.39 is 0 Å². The van der Waals surface area contributed by atoms with E-state index in [9.17, 15) is 4.79 Å². The van der Waals surface area contributed by atoms with Gasteiger partial charge in [0.15, 0.2) is 11.3 Å². The summed E-state index contributed by atoms with van der Waals surface area (Å²) in [5, 5.41) is 0.496. The molecule has 1 aromatic carbocycles. The normalized spacial score (nSPS) is 15.1. The van der Waals surface area contributed by atoms with Crippen molar-refractivity contribution in [3.8, 4) is 34.1 Å². The summed E-state index contributed by atoms with van der Waals surface area (Å²) in [7, 11) is 0. The molecule has 0 amide bonds. The zero-order chi connectivity index (χ0) is 22.0. The number of hydrogen-bond donors (Lipinski definition) is 0. The van der Waals surface area contributed by atoms with Gasteiger partial charge in [-0.1, -0.05) is 38.8 Å². The lowest BCUT2D eigenvalue weighted by atomic mass is 10.0. The molecule has 0 N–H and O–H groups in total. The molecule has 0 fully saturated rings. The smallest absolute Gasteiger partial charge is 0.193 e. The molecule has 0 bridgehead atoms. The highest BCUT2D eigenvalue weighted by Crippen LogP contribution is 2.42. The molecule has 0 saturated heterocycles. The first-order valence-corrected chi connectivity index (χ1v) is 11.0. The maximum atomic E-state index is 13.0. The maximum Gasteiger partial charge on any atom is 0.193 e. The van der Waals surface area contributed by atoms with E-state index in [4.69, 9.17) is 21.1 Å². The number of rotatable bonds is 6. The fourth-order valence-electron chi connectivity index (χ4n) is 3.71. The standard InChI is InChI=1S/C24H26ClN3O3/c1-4-5-9-30-23-12-22-16(10-18(23)25)19-11-21(29)17(24-26-7-6-8-27-24)13-28(19)20(14-31-22)15(2)3/h6-8,10-13,15,20H,4-5,9,14H2,1-3H3/t20-/m0/s1. The van der Waals surface area contributed by atoms with Crippen molar-refractivity contribution in [2.45, 2.75) is 39.7 Å². The van der Waals surface area contributed by atoms with Gasteiger partial charge >= 0.3 is 0 Å². The zero-order valence-electron chi connectivity index (χ0n) is 18.0. The van der Waals surface area contributed by atoms with E-state index in [1.807, 2.05) is 18.3 Å². The molecule has 1 aliphatic rings. The van der Waals surface area contributed by atoms with Crippen LogP contribution in [0.4, 0.5) is 0 Å². The van der Waals surface area contributed by atoms with Crippen LogP contribution in [0.5, 0.6) is 11.5 Å². The van der Waals surface area contributed by atoms with Crippen molar-refractivity contribution in [3.63, 3.8) is 0 Å². The van der Waals surface area contributed by atoms with Crippen molar-refractivity contribution in [1.29, 1.82) is 0 Å². The molecule has 0 saturated carbocycles. The van der Waals surface area contributed by atoms with Crippen LogP contribution in [0.3, 0.4) is 0 Å². The largest absolute Gasteiger partial charge is 0.492 e. The summed E-state index contributed by atoms with van der Waals surface area (Å²) in [6.45, 7) is 7.44. The molecule has 6 nitrogen and oxygen atoms in total. The molecule has 1 aliphatic heterocycles. The summed E-state index contributed by atoms with van der Waals surface area (Å²) in [6.07, 6.45) is 7.10. The van der Waals surface area contributed by atoms with Crippen molar-refractivity contribution in [1.82, 2.24) is 14.5 Å². The highest BCUT2D eigenvalue weighted by Gasteiger charge is 2.27. The molecular weight excluding hydrogens is 414 g/mol. The number of nitrogens with zero attached hydrogens (tertiary/aromatic N) is 3. The number of pyridine rings is 1. The van der Waals surface area contributed by atoms with Gasteiger partial charge in [0.25, 0.3) is 0 Å². The van der Waals surface area contributed by atoms with Gasteiger partial charge in [-0.2, -0.15) is 0 Å². The lowest BCUT2D eigenvalue weighted by molar-refractivity contribution is 0.219. The monoisotopic (exact) mass is 439 g/mol. The van der Waals surface area contributed by atoms with Gasteiger partial charge in [-0.05, 0) is 24.5 Å². The fraction of sp³-hybridized carbons (Fsp3) is 0.375. The minimum absolute atomic E-state index is 0.0219. The molecule has 162 valence electrons. The fourth-order valence-corrected chi connectivity index (χ4v) is 3.92. The topological polar surface area (TPSA) is 66.2 Å². The Balaban J connectivity index is 1.86. The first-order valence-electron chi connectivity index (χ1n) is 10.6. The van der Waals surface area contributed by atoms with Crippen LogP contribution in [-0.2, 0) is 0 Å². The second-order valence-corrected chi connectivity index (χ2v) is 8.43. The van der Waals surface area contributed by atoms with E-state index in [1.165, 1.54) is 0 Å². The van der Waals surface area contributed by atoms with Crippen molar-refractivity contribution in [3.05, 3.63) is 58.1 Å². The molecule has 4 rings (SSSR count). The van der Waals surface area contributed by atoms with E-state index in [1.54, 1.807) is 24.5 Å². The number of halogens is 1. The minimum Gasteiger partial charge on any atom is -0.492 e. The van der Waals surface area contributed by atoms with Gasteiger partial charge in [0.05, 0.1) is 28.9 Å². The minimum atomic E-state index is -0.146. The summed E-state index contributed by atoms with van der Waals surface area (Å²) in [5.41, 5.74) is 1.85. The summed E-state index contributed by atoms with van der Waals surface area (Å²) in [5.74, 6) is 1.94. The number of benzene rings is 1. The first-order chi connectivity index (χ1) is 15.0. The number of ether oxygens (including phenoxy) is 2. The molecule has 0 unspecified atom stereocenters. The third kappa shape index (κ3) is 4.30. The Bertz CT molecular complexity index is 1130. The SMILES string of the molecule is CCCCOc1cc2c(cc1Cl)-c1cc(=O)c(-c3ncccn3)cn1[C@H](C(C)C)CO2. The molecule has 7 heteroatoms. The number of aromatic nitrogens is 3. The summed E-state index contributed by atoms with van der Waals surface area (Å²) >= 11 is 6.54. The Labute approximate surface area is 186 Å². The van der Waals surface area contributed by atoms with Gasteiger partial charge < -0.3 is 14.0 Å². The molecule has 3 aromatic rings. The van der Waals surface area contributed by atoms with E-state index in [2.05, 4.69) is 35.3 Å². The van der Waals surface area contributed by atoms with Crippen LogP contribution in [0, 0.1) is 5.92 Å². The predicted octanol–water partition coefficient (Wildman–Crippen LogP) is 5.39. The van der Waals surface area contributed by atoms with Gasteiger partial charge in [0.1, 0.15) is 18.1 Å². The van der Waals surface area contributed by atoms with Crippen molar-refractivity contribution in [2.75, 3.05) is 13.2 Å². The van der Waals surface area contributed by atoms with E-state index >= 15 is 0 Å². The Morgan fingerprint density at radius 2 is 2.00 bits per heavy atom. The number of fused-ring (bicyclic) bond motifs is 3. The molecule has 3 heterocycles. The number of hydrogen-bond acceptors (Lipinski definition) is 5. The number of unbranched alkanes of at least 4 members (excludes halogenated alkanes) is 1. The quantitative estimate of drug-likeness (QED) is 0.481. The van der Waals surface area contributed by atoms with Crippen LogP contribution < -0.4 is 14.9 Å². The highest BCUT2D eigenvalue weighted by molar-refractivity contribution is 6.32. The van der Waals surface area contributed by atoms with Crippen LogP contribution in [0.2, 0.25) is 5.02 Å². The second kappa shape index (κ2) is 9.10. The van der Waals surface area contributed by atoms with Gasteiger partial charge in [0, 0.05) is 36.3 Å². The summed E-state index contributed by atoms with van der Waals surface area (Å²) in [4.78, 5) is 21.6. The van der Waals surface area contributed by atoms with Crippen molar-refractivity contribution >= 4 is 11.6 Å². The molecule has 0 aliphatic carbocycles. The van der Waals surface area contributed by atoms with Gasteiger partial charge in [0.2, 0.25) is 0 Å². The Morgan fingerprint density at radius 3 is 2.71 bits per heavy atom.